The molecule has 2 aromatic carbocycles. The number of carbonyl (C=O) groups is 2. The zero-order valence-corrected chi connectivity index (χ0v) is 15.0. The Bertz CT molecular complexity index is 837. The van der Waals surface area contributed by atoms with Gasteiger partial charge in [-0.2, -0.15) is 0 Å². The number of ether oxygens (including phenoxy) is 3. The Hall–Kier alpha value is -2.73. The van der Waals surface area contributed by atoms with Crippen LogP contribution in [0.5, 0.6) is 17.2 Å². The molecule has 1 N–H and O–H groups in total. The predicted molar refractivity (Wildman–Crippen MR) is 97.6 cm³/mol. The lowest BCUT2D eigenvalue weighted by atomic mass is 10.1. The van der Waals surface area contributed by atoms with E-state index in [1.807, 2.05) is 0 Å². The number of hydrogen-bond acceptors (Lipinski definition) is 5. The number of rotatable bonds is 6. The van der Waals surface area contributed by atoms with Crippen LogP contribution in [-0.2, 0) is 4.79 Å². The third-order valence-electron chi connectivity index (χ3n) is 3.75. The van der Waals surface area contributed by atoms with Gasteiger partial charge in [0, 0.05) is 23.2 Å². The van der Waals surface area contributed by atoms with Gasteiger partial charge in [-0.05, 0) is 30.3 Å². The van der Waals surface area contributed by atoms with Crippen molar-refractivity contribution in [2.45, 2.75) is 13.3 Å². The minimum absolute atomic E-state index is 0.102. The summed E-state index contributed by atoms with van der Waals surface area (Å²) in [5.41, 5.74) is 0.941. The van der Waals surface area contributed by atoms with Crippen molar-refractivity contribution in [1.82, 2.24) is 0 Å². The molecule has 26 heavy (non-hydrogen) atoms. The van der Waals surface area contributed by atoms with Crippen LogP contribution in [0.4, 0.5) is 5.69 Å². The third-order valence-corrected chi connectivity index (χ3v) is 3.98. The molecule has 0 saturated heterocycles. The van der Waals surface area contributed by atoms with Gasteiger partial charge in [0.15, 0.2) is 23.9 Å². The Morgan fingerprint density at radius 2 is 1.88 bits per heavy atom. The van der Waals surface area contributed by atoms with Gasteiger partial charge in [0.25, 0.3) is 5.91 Å². The summed E-state index contributed by atoms with van der Waals surface area (Å²) >= 11 is 5.94. The van der Waals surface area contributed by atoms with Gasteiger partial charge >= 0.3 is 0 Å². The zero-order chi connectivity index (χ0) is 18.5. The van der Waals surface area contributed by atoms with Gasteiger partial charge in [-0.3, -0.25) is 9.59 Å². The van der Waals surface area contributed by atoms with E-state index in [4.69, 9.17) is 25.8 Å². The number of ketones is 1. The average Bonchev–Trinajstić information content (AvgIpc) is 2.66. The number of anilines is 1. The van der Waals surface area contributed by atoms with Gasteiger partial charge in [0.2, 0.25) is 0 Å². The molecule has 0 spiro atoms. The van der Waals surface area contributed by atoms with Crippen LogP contribution in [0.3, 0.4) is 0 Å². The van der Waals surface area contributed by atoms with Crippen molar-refractivity contribution >= 4 is 29.0 Å². The van der Waals surface area contributed by atoms with Crippen molar-refractivity contribution in [2.75, 3.05) is 25.1 Å². The van der Waals surface area contributed by atoms with E-state index in [0.29, 0.717) is 53.2 Å². The lowest BCUT2D eigenvalue weighted by Gasteiger charge is -2.19. The second-order valence-corrected chi connectivity index (χ2v) is 6.05. The largest absolute Gasteiger partial charge is 0.486 e. The van der Waals surface area contributed by atoms with Crippen LogP contribution in [0.15, 0.2) is 36.4 Å². The zero-order valence-electron chi connectivity index (χ0n) is 14.2. The molecule has 136 valence electrons. The van der Waals surface area contributed by atoms with Gasteiger partial charge in [-0.1, -0.05) is 18.5 Å². The molecule has 0 unspecified atom stereocenters. The summed E-state index contributed by atoms with van der Waals surface area (Å²) in [5, 5.41) is 3.17. The lowest BCUT2D eigenvalue weighted by Crippen LogP contribution is -2.21. The topological polar surface area (TPSA) is 73.9 Å². The first-order valence-electron chi connectivity index (χ1n) is 8.22. The van der Waals surface area contributed by atoms with Crippen LogP contribution >= 0.6 is 11.6 Å². The van der Waals surface area contributed by atoms with Crippen molar-refractivity contribution in [1.29, 1.82) is 0 Å². The fourth-order valence-corrected chi connectivity index (χ4v) is 2.67. The monoisotopic (exact) mass is 375 g/mol. The van der Waals surface area contributed by atoms with Crippen molar-refractivity contribution in [3.8, 4) is 17.2 Å². The number of hydrogen-bond donors (Lipinski definition) is 1. The Labute approximate surface area is 156 Å². The van der Waals surface area contributed by atoms with E-state index in [9.17, 15) is 9.59 Å². The predicted octanol–water partition coefficient (Wildman–Crippen LogP) is 3.72. The molecular formula is C19H18ClNO5. The van der Waals surface area contributed by atoms with Crippen LogP contribution in [-0.4, -0.2) is 31.5 Å². The molecule has 1 aliphatic heterocycles. The molecule has 0 aromatic heterocycles. The fourth-order valence-electron chi connectivity index (χ4n) is 2.50. The second kappa shape index (κ2) is 8.10. The molecule has 0 bridgehead atoms. The minimum atomic E-state index is -0.355. The number of fused-ring (bicyclic) bond motifs is 1. The molecular weight excluding hydrogens is 358 g/mol. The highest BCUT2D eigenvalue weighted by Gasteiger charge is 2.15. The maximum Gasteiger partial charge on any atom is 0.262 e. The van der Waals surface area contributed by atoms with E-state index in [0.717, 1.165) is 0 Å². The lowest BCUT2D eigenvalue weighted by molar-refractivity contribution is -0.118. The van der Waals surface area contributed by atoms with Crippen molar-refractivity contribution in [3.05, 3.63) is 47.0 Å². The summed E-state index contributed by atoms with van der Waals surface area (Å²) in [6, 6.07) is 9.90. The quantitative estimate of drug-likeness (QED) is 0.779. The highest BCUT2D eigenvalue weighted by atomic mass is 35.5. The van der Waals surface area contributed by atoms with Gasteiger partial charge < -0.3 is 19.5 Å². The van der Waals surface area contributed by atoms with Gasteiger partial charge in [0.1, 0.15) is 19.0 Å². The van der Waals surface area contributed by atoms with E-state index < -0.39 is 0 Å². The molecule has 0 aliphatic carbocycles. The molecule has 2 aromatic rings. The molecule has 1 amide bonds. The van der Waals surface area contributed by atoms with Crippen LogP contribution in [0.1, 0.15) is 23.7 Å². The molecule has 1 aliphatic rings. The van der Waals surface area contributed by atoms with Gasteiger partial charge in [0.05, 0.1) is 5.56 Å². The first-order valence-corrected chi connectivity index (χ1v) is 8.59. The Balaban J connectivity index is 1.64. The summed E-state index contributed by atoms with van der Waals surface area (Å²) in [5.74, 6) is 1.11. The number of amides is 1. The summed E-state index contributed by atoms with van der Waals surface area (Å²) in [6.07, 6.45) is 0.320. The van der Waals surface area contributed by atoms with Crippen LogP contribution in [0.2, 0.25) is 5.02 Å². The minimum Gasteiger partial charge on any atom is -0.486 e. The number of nitrogens with one attached hydrogen (secondary N) is 1. The summed E-state index contributed by atoms with van der Waals surface area (Å²) in [4.78, 5) is 24.1. The number of carbonyl (C=O) groups excluding carboxylic acids is 2. The molecule has 0 fully saturated rings. The molecule has 6 nitrogen and oxygen atoms in total. The van der Waals surface area contributed by atoms with Crippen molar-refractivity contribution in [2.24, 2.45) is 0 Å². The molecule has 0 atom stereocenters. The van der Waals surface area contributed by atoms with Crippen LogP contribution in [0, 0.1) is 0 Å². The maximum absolute atomic E-state index is 12.2. The Morgan fingerprint density at radius 1 is 1.12 bits per heavy atom. The average molecular weight is 376 g/mol. The highest BCUT2D eigenvalue weighted by molar-refractivity contribution is 6.31. The second-order valence-electron chi connectivity index (χ2n) is 5.61. The molecule has 3 rings (SSSR count). The van der Waals surface area contributed by atoms with E-state index in [2.05, 4.69) is 5.32 Å². The van der Waals surface area contributed by atoms with Crippen LogP contribution < -0.4 is 19.5 Å². The first kappa shape index (κ1) is 18.1. The van der Waals surface area contributed by atoms with E-state index >= 15 is 0 Å². The summed E-state index contributed by atoms with van der Waals surface area (Å²) < 4.78 is 16.4. The van der Waals surface area contributed by atoms with Gasteiger partial charge in [-0.25, -0.2) is 0 Å². The normalized spacial score (nSPS) is 12.4. The Kier molecular flexibility index (Phi) is 5.63. The van der Waals surface area contributed by atoms with Crippen LogP contribution in [0.25, 0.3) is 0 Å². The molecule has 0 radical (unpaired) electrons. The standard InChI is InChI=1S/C19H18ClNO5/c1-2-15(22)14-9-12(20)3-5-16(14)26-11-19(23)21-13-4-6-17-18(10-13)25-8-7-24-17/h3-6,9-10H,2,7-8,11H2,1H3,(H,21,23). The van der Waals surface area contributed by atoms with Crippen molar-refractivity contribution in [3.63, 3.8) is 0 Å². The van der Waals surface area contributed by atoms with Crippen molar-refractivity contribution < 1.29 is 23.8 Å². The smallest absolute Gasteiger partial charge is 0.262 e. The first-order chi connectivity index (χ1) is 12.6. The van der Waals surface area contributed by atoms with E-state index in [-0.39, 0.29) is 18.3 Å². The number of Topliss-reactive ketones (excluding diaryl/α,β-unsaturated/α-hetero) is 1. The van der Waals surface area contributed by atoms with E-state index in [1.165, 1.54) is 0 Å². The number of benzene rings is 2. The molecule has 7 heteroatoms. The molecule has 1 heterocycles. The third kappa shape index (κ3) is 4.26. The van der Waals surface area contributed by atoms with Gasteiger partial charge in [-0.15, -0.1) is 0 Å². The highest BCUT2D eigenvalue weighted by Crippen LogP contribution is 2.32. The number of halogens is 1. The fraction of sp³-hybridized carbons (Fsp3) is 0.263. The summed E-state index contributed by atoms with van der Waals surface area (Å²) in [6.45, 7) is 2.49. The maximum atomic E-state index is 12.2. The van der Waals surface area contributed by atoms with E-state index in [1.54, 1.807) is 43.3 Å². The Morgan fingerprint density at radius 3 is 2.65 bits per heavy atom. The summed E-state index contributed by atoms with van der Waals surface area (Å²) in [7, 11) is 0. The SMILES string of the molecule is CCC(=O)c1cc(Cl)ccc1OCC(=O)Nc1ccc2c(c1)OCCO2. The molecule has 0 saturated carbocycles.